The molecule has 0 heterocycles. The highest BCUT2D eigenvalue weighted by Crippen LogP contribution is 2.38. The topological polar surface area (TPSA) is 114 Å². The summed E-state index contributed by atoms with van der Waals surface area (Å²) in [6, 6.07) is -0.904. The van der Waals surface area contributed by atoms with Crippen molar-refractivity contribution >= 4 is 19.7 Å². The zero-order chi connectivity index (χ0) is 50.8. The number of unbranched alkanes of at least 4 members (excludes halogenated alkanes) is 24. The summed E-state index contributed by atoms with van der Waals surface area (Å²) < 4.78 is 30.2. The van der Waals surface area contributed by atoms with Crippen molar-refractivity contribution < 1.29 is 37.3 Å². The number of phosphoric ester groups is 1. The van der Waals surface area contributed by atoms with Gasteiger partial charge in [0.1, 0.15) is 19.3 Å². The predicted octanol–water partition coefficient (Wildman–Crippen LogP) is 16.3. The Labute approximate surface area is 425 Å². The van der Waals surface area contributed by atoms with Gasteiger partial charge in [0, 0.05) is 12.8 Å². The molecule has 0 saturated carbocycles. The van der Waals surface area contributed by atoms with E-state index in [1.165, 1.54) is 96.3 Å². The molecule has 0 fully saturated rings. The van der Waals surface area contributed by atoms with E-state index < -0.39 is 26.6 Å². The molecule has 0 aliphatic carbocycles. The standard InChI is InChI=1S/C59H107N2O7P/c1-7-10-13-16-19-22-25-28-30-31-32-34-37-40-43-46-49-52-59(63)68-57(50-47-44-41-38-35-27-24-21-18-15-12-9-3)56(55-67-69(64,65)66-54-53-61(4,5)6)60-58(62)51-48-45-42-39-36-33-29-26-23-20-17-14-11-8-2/h11,14,19-20,22-23,28-30,33,47,50,56-57H,7-10,12-13,15-18,21,24-27,31-32,34-46,48-49,51-55H2,1-6H3,(H-,60,62,64,65)/b14-11+,22-19-,23-20+,30-28-,33-29+,50-47+. The summed E-state index contributed by atoms with van der Waals surface area (Å²) in [5.74, 6) is -0.578. The normalized spacial score (nSPS) is 14.4. The fourth-order valence-corrected chi connectivity index (χ4v) is 8.46. The summed E-state index contributed by atoms with van der Waals surface area (Å²) in [7, 11) is 1.16. The second-order valence-electron chi connectivity index (χ2n) is 20.1. The molecule has 0 aromatic heterocycles. The maximum Gasteiger partial charge on any atom is 0.306 e. The van der Waals surface area contributed by atoms with Crippen LogP contribution in [0.5, 0.6) is 0 Å². The Hall–Kier alpha value is -2.55. The summed E-state index contributed by atoms with van der Waals surface area (Å²) in [6.07, 6.45) is 61.5. The molecule has 69 heavy (non-hydrogen) atoms. The minimum absolute atomic E-state index is 0.0308. The third kappa shape index (κ3) is 50.2. The van der Waals surface area contributed by atoms with E-state index in [1.54, 1.807) is 0 Å². The van der Waals surface area contributed by atoms with Crippen LogP contribution in [0.3, 0.4) is 0 Å². The number of amides is 1. The minimum Gasteiger partial charge on any atom is -0.756 e. The number of likely N-dealkylation sites (N-methyl/N-ethyl adjacent to an activating group) is 1. The Bertz CT molecular complexity index is 1420. The van der Waals surface area contributed by atoms with E-state index in [0.29, 0.717) is 17.4 Å². The van der Waals surface area contributed by atoms with Crippen molar-refractivity contribution in [1.82, 2.24) is 5.32 Å². The van der Waals surface area contributed by atoms with Gasteiger partial charge in [0.25, 0.3) is 7.82 Å². The number of rotatable bonds is 50. The Morgan fingerprint density at radius 1 is 0.522 bits per heavy atom. The highest BCUT2D eigenvalue weighted by molar-refractivity contribution is 7.45. The molecule has 0 spiro atoms. The predicted molar refractivity (Wildman–Crippen MR) is 293 cm³/mol. The molecule has 1 amide bonds. The van der Waals surface area contributed by atoms with Crippen LogP contribution in [-0.2, 0) is 27.9 Å². The summed E-state index contributed by atoms with van der Waals surface area (Å²) in [5.41, 5.74) is 0. The molecule has 10 heteroatoms. The number of phosphoric acid groups is 1. The van der Waals surface area contributed by atoms with Gasteiger partial charge in [-0.3, -0.25) is 14.2 Å². The molecular formula is C59H107N2O7P. The maximum absolute atomic E-state index is 13.5. The smallest absolute Gasteiger partial charge is 0.306 e. The zero-order valence-corrected chi connectivity index (χ0v) is 46.4. The first kappa shape index (κ1) is 66.5. The van der Waals surface area contributed by atoms with Gasteiger partial charge in [0.2, 0.25) is 5.91 Å². The number of nitrogens with one attached hydrogen (secondary N) is 1. The number of ether oxygens (including phenoxy) is 1. The van der Waals surface area contributed by atoms with E-state index in [9.17, 15) is 19.0 Å². The lowest BCUT2D eigenvalue weighted by atomic mass is 10.0. The molecule has 0 bridgehead atoms. The number of hydrogen-bond acceptors (Lipinski definition) is 7. The van der Waals surface area contributed by atoms with Crippen LogP contribution in [0.1, 0.15) is 239 Å². The third-order valence-electron chi connectivity index (χ3n) is 12.1. The molecule has 400 valence electrons. The van der Waals surface area contributed by atoms with Gasteiger partial charge in [-0.15, -0.1) is 0 Å². The maximum atomic E-state index is 13.5. The molecule has 9 nitrogen and oxygen atoms in total. The number of quaternary nitrogens is 1. The van der Waals surface area contributed by atoms with Gasteiger partial charge in [0.05, 0.1) is 33.8 Å². The summed E-state index contributed by atoms with van der Waals surface area (Å²) in [5, 5.41) is 3.00. The summed E-state index contributed by atoms with van der Waals surface area (Å²) in [4.78, 5) is 39.8. The van der Waals surface area contributed by atoms with Crippen molar-refractivity contribution in [2.75, 3.05) is 40.9 Å². The Balaban J connectivity index is 5.40. The number of allylic oxidation sites excluding steroid dienone is 11. The van der Waals surface area contributed by atoms with Gasteiger partial charge in [-0.05, 0) is 96.0 Å². The van der Waals surface area contributed by atoms with Crippen LogP contribution in [0.25, 0.3) is 0 Å². The van der Waals surface area contributed by atoms with Gasteiger partial charge in [-0.25, -0.2) is 0 Å². The highest BCUT2D eigenvalue weighted by Gasteiger charge is 2.27. The van der Waals surface area contributed by atoms with Crippen LogP contribution >= 0.6 is 7.82 Å². The van der Waals surface area contributed by atoms with Crippen molar-refractivity contribution in [1.29, 1.82) is 0 Å². The molecule has 0 aromatic rings. The van der Waals surface area contributed by atoms with Gasteiger partial charge in [-0.1, -0.05) is 203 Å². The summed E-state index contributed by atoms with van der Waals surface area (Å²) in [6.45, 7) is 6.67. The molecule has 3 atom stereocenters. The first-order valence-electron chi connectivity index (χ1n) is 28.2. The average molecular weight is 987 g/mol. The number of carbonyl (C=O) groups is 2. The van der Waals surface area contributed by atoms with Gasteiger partial charge < -0.3 is 28.5 Å². The van der Waals surface area contributed by atoms with Crippen molar-refractivity contribution in [2.24, 2.45) is 0 Å². The number of carbonyl (C=O) groups excluding carboxylic acids is 2. The van der Waals surface area contributed by atoms with Crippen molar-refractivity contribution in [3.05, 3.63) is 72.9 Å². The molecule has 0 aromatic carbocycles. The lowest BCUT2D eigenvalue weighted by Gasteiger charge is -2.30. The van der Waals surface area contributed by atoms with E-state index in [2.05, 4.69) is 86.8 Å². The molecular weight excluding hydrogens is 880 g/mol. The minimum atomic E-state index is -4.70. The number of hydrogen-bond donors (Lipinski definition) is 1. The lowest BCUT2D eigenvalue weighted by molar-refractivity contribution is -0.870. The van der Waals surface area contributed by atoms with Gasteiger partial charge >= 0.3 is 5.97 Å². The zero-order valence-electron chi connectivity index (χ0n) is 45.5. The Morgan fingerprint density at radius 2 is 0.928 bits per heavy atom. The fraction of sp³-hybridized carbons (Fsp3) is 0.763. The van der Waals surface area contributed by atoms with Crippen LogP contribution in [-0.4, -0.2) is 69.4 Å². The third-order valence-corrected chi connectivity index (χ3v) is 13.1. The van der Waals surface area contributed by atoms with E-state index in [1.807, 2.05) is 33.3 Å². The Morgan fingerprint density at radius 3 is 1.42 bits per heavy atom. The number of esters is 1. The first-order valence-corrected chi connectivity index (χ1v) is 29.7. The highest BCUT2D eigenvalue weighted by atomic mass is 31.2. The Kier molecular flexibility index (Phi) is 47.2. The van der Waals surface area contributed by atoms with Crippen LogP contribution in [0.15, 0.2) is 72.9 Å². The monoisotopic (exact) mass is 987 g/mol. The molecule has 3 unspecified atom stereocenters. The molecule has 0 rings (SSSR count). The van der Waals surface area contributed by atoms with Crippen molar-refractivity contribution in [3.8, 4) is 0 Å². The first-order chi connectivity index (χ1) is 33.4. The van der Waals surface area contributed by atoms with Gasteiger partial charge in [0.15, 0.2) is 0 Å². The fourth-order valence-electron chi connectivity index (χ4n) is 7.74. The van der Waals surface area contributed by atoms with Crippen LogP contribution < -0.4 is 10.2 Å². The van der Waals surface area contributed by atoms with Crippen molar-refractivity contribution in [2.45, 2.75) is 251 Å². The molecule has 0 aliphatic heterocycles. The van der Waals surface area contributed by atoms with E-state index in [4.69, 9.17) is 13.8 Å². The van der Waals surface area contributed by atoms with E-state index in [-0.39, 0.29) is 31.3 Å². The largest absolute Gasteiger partial charge is 0.756 e. The molecule has 1 N–H and O–H groups in total. The van der Waals surface area contributed by atoms with Crippen LogP contribution in [0.4, 0.5) is 0 Å². The SMILES string of the molecule is CC/C=C/C/C=C/C/C=C/CCCCCCC(=O)NC(COP(=O)([O-])OCC[N+](C)(C)C)C(/C=C/CCCCCCCCCCCC)OC(=O)CCCCCCCCC/C=C\C/C=C\CCCCC. The summed E-state index contributed by atoms with van der Waals surface area (Å²) >= 11 is 0. The van der Waals surface area contributed by atoms with Crippen molar-refractivity contribution in [3.63, 3.8) is 0 Å². The van der Waals surface area contributed by atoms with E-state index in [0.717, 1.165) is 103 Å². The van der Waals surface area contributed by atoms with Gasteiger partial charge in [-0.2, -0.15) is 0 Å². The second kappa shape index (κ2) is 49.0. The number of nitrogens with zero attached hydrogens (tertiary/aromatic N) is 1. The van der Waals surface area contributed by atoms with Crippen LogP contribution in [0, 0.1) is 0 Å². The lowest BCUT2D eigenvalue weighted by Crippen LogP contribution is -2.47. The quantitative estimate of drug-likeness (QED) is 0.0212. The second-order valence-corrected chi connectivity index (χ2v) is 21.5. The molecule has 0 aliphatic rings. The van der Waals surface area contributed by atoms with Crippen LogP contribution in [0.2, 0.25) is 0 Å². The average Bonchev–Trinajstić information content (AvgIpc) is 3.31. The molecule has 0 radical (unpaired) electrons. The van der Waals surface area contributed by atoms with E-state index >= 15 is 0 Å². The molecule has 0 saturated heterocycles.